The highest BCUT2D eigenvalue weighted by Gasteiger charge is 2.18. The number of anilines is 2. The molecule has 31 heavy (non-hydrogen) atoms. The van der Waals surface area contributed by atoms with Gasteiger partial charge in [-0.25, -0.2) is 5.43 Å². The van der Waals surface area contributed by atoms with Crippen LogP contribution in [0.2, 0.25) is 0 Å². The number of hydrogen-bond acceptors (Lipinski definition) is 7. The molecule has 1 aliphatic heterocycles. The molecule has 9 nitrogen and oxygen atoms in total. The number of non-ortho nitro benzene ring substituents is 1. The lowest BCUT2D eigenvalue weighted by Gasteiger charge is -2.19. The summed E-state index contributed by atoms with van der Waals surface area (Å²) in [6, 6.07) is 13.7. The molecule has 2 amide bonds. The van der Waals surface area contributed by atoms with Crippen molar-refractivity contribution < 1.29 is 14.5 Å². The number of hydrazone groups is 1. The highest BCUT2D eigenvalue weighted by atomic mass is 32.2. The van der Waals surface area contributed by atoms with Crippen molar-refractivity contribution >= 4 is 46.9 Å². The number of amides is 2. The fourth-order valence-corrected chi connectivity index (χ4v) is 3.78. The van der Waals surface area contributed by atoms with Crippen LogP contribution in [-0.2, 0) is 9.59 Å². The summed E-state index contributed by atoms with van der Waals surface area (Å²) in [6.45, 7) is 1.76. The summed E-state index contributed by atoms with van der Waals surface area (Å²) in [7, 11) is 0. The standard InChI is InChI=1S/C21H23N5O4S/c27-20(23-17-6-2-1-3-7-17)14-31-15-21(28)24-22-13-16-12-18(26(29)30)8-9-19(16)25-10-4-5-11-25/h1-3,6-9,12-13H,4-5,10-11,14-15H2,(H,23,27)(H,24,28)/b22-13-. The van der Waals surface area contributed by atoms with Crippen molar-refractivity contribution in [1.29, 1.82) is 0 Å². The van der Waals surface area contributed by atoms with E-state index in [1.54, 1.807) is 18.2 Å². The third-order valence-corrected chi connectivity index (χ3v) is 5.52. The van der Waals surface area contributed by atoms with E-state index in [-0.39, 0.29) is 29.0 Å². The van der Waals surface area contributed by atoms with Crippen molar-refractivity contribution in [1.82, 2.24) is 5.43 Å². The van der Waals surface area contributed by atoms with Gasteiger partial charge in [0.15, 0.2) is 0 Å². The van der Waals surface area contributed by atoms with E-state index in [9.17, 15) is 19.7 Å². The second kappa shape index (κ2) is 11.1. The van der Waals surface area contributed by atoms with Gasteiger partial charge in [-0.3, -0.25) is 19.7 Å². The molecule has 1 saturated heterocycles. The minimum atomic E-state index is -0.458. The first-order valence-corrected chi connectivity index (χ1v) is 11.0. The number of nitro benzene ring substituents is 1. The molecule has 0 atom stereocenters. The van der Waals surface area contributed by atoms with Crippen molar-refractivity contribution in [3.8, 4) is 0 Å². The van der Waals surface area contributed by atoms with Crippen LogP contribution in [0.1, 0.15) is 18.4 Å². The van der Waals surface area contributed by atoms with Gasteiger partial charge in [-0.05, 0) is 31.0 Å². The maximum absolute atomic E-state index is 12.0. The maximum atomic E-state index is 12.0. The number of nitro groups is 1. The van der Waals surface area contributed by atoms with Crippen LogP contribution in [0.4, 0.5) is 17.1 Å². The molecule has 2 aromatic carbocycles. The molecule has 0 unspecified atom stereocenters. The molecule has 0 aromatic heterocycles. The summed E-state index contributed by atoms with van der Waals surface area (Å²) in [4.78, 5) is 36.7. The number of hydrogen-bond donors (Lipinski definition) is 2. The van der Waals surface area contributed by atoms with Gasteiger partial charge < -0.3 is 10.2 Å². The molecular weight excluding hydrogens is 418 g/mol. The van der Waals surface area contributed by atoms with E-state index in [1.807, 2.05) is 18.2 Å². The van der Waals surface area contributed by atoms with Crippen LogP contribution in [0.15, 0.2) is 53.6 Å². The molecule has 1 heterocycles. The van der Waals surface area contributed by atoms with Gasteiger partial charge in [-0.15, -0.1) is 11.8 Å². The minimum Gasteiger partial charge on any atom is -0.371 e. The van der Waals surface area contributed by atoms with Gasteiger partial charge >= 0.3 is 0 Å². The Labute approximate surface area is 184 Å². The first-order valence-electron chi connectivity index (χ1n) is 9.81. The lowest BCUT2D eigenvalue weighted by atomic mass is 10.1. The summed E-state index contributed by atoms with van der Waals surface area (Å²) >= 11 is 1.17. The summed E-state index contributed by atoms with van der Waals surface area (Å²) < 4.78 is 0. The molecule has 0 spiro atoms. The maximum Gasteiger partial charge on any atom is 0.270 e. The van der Waals surface area contributed by atoms with E-state index in [0.717, 1.165) is 31.6 Å². The number of carbonyl (C=O) groups excluding carboxylic acids is 2. The van der Waals surface area contributed by atoms with Crippen LogP contribution in [0.3, 0.4) is 0 Å². The zero-order valence-electron chi connectivity index (χ0n) is 16.8. The number of para-hydroxylation sites is 1. The third kappa shape index (κ3) is 6.82. The number of rotatable bonds is 9. The van der Waals surface area contributed by atoms with Crippen LogP contribution in [0, 0.1) is 10.1 Å². The molecular formula is C21H23N5O4S. The fraction of sp³-hybridized carbons (Fsp3) is 0.286. The third-order valence-electron chi connectivity index (χ3n) is 4.59. The Hall–Kier alpha value is -3.40. The van der Waals surface area contributed by atoms with Crippen molar-refractivity contribution in [2.45, 2.75) is 12.8 Å². The Balaban J connectivity index is 1.50. The Morgan fingerprint density at radius 2 is 1.81 bits per heavy atom. The predicted octanol–water partition coefficient (Wildman–Crippen LogP) is 3.02. The lowest BCUT2D eigenvalue weighted by Crippen LogP contribution is -2.22. The smallest absolute Gasteiger partial charge is 0.270 e. The second-order valence-electron chi connectivity index (χ2n) is 6.89. The molecule has 2 N–H and O–H groups in total. The monoisotopic (exact) mass is 441 g/mol. The van der Waals surface area contributed by atoms with E-state index in [1.165, 1.54) is 30.1 Å². The van der Waals surface area contributed by atoms with Crippen LogP contribution < -0.4 is 15.6 Å². The molecule has 2 aromatic rings. The Morgan fingerprint density at radius 1 is 1.10 bits per heavy atom. The minimum absolute atomic E-state index is 0.0318. The van der Waals surface area contributed by atoms with Crippen molar-refractivity contribution in [2.75, 3.05) is 34.8 Å². The molecule has 0 aliphatic carbocycles. The summed E-state index contributed by atoms with van der Waals surface area (Å²) in [5.74, 6) is -0.356. The second-order valence-corrected chi connectivity index (χ2v) is 7.88. The normalized spacial score (nSPS) is 13.4. The highest BCUT2D eigenvalue weighted by molar-refractivity contribution is 8.00. The SMILES string of the molecule is O=C(CSCC(=O)Nc1ccccc1)N/N=C\c1cc([N+](=O)[O-])ccc1N1CCCC1. The van der Waals surface area contributed by atoms with Gasteiger partial charge in [0, 0.05) is 42.2 Å². The number of carbonyl (C=O) groups is 2. The Kier molecular flexibility index (Phi) is 7.99. The van der Waals surface area contributed by atoms with Gasteiger partial charge in [0.2, 0.25) is 11.8 Å². The van der Waals surface area contributed by atoms with E-state index < -0.39 is 4.92 Å². The Morgan fingerprint density at radius 3 is 2.52 bits per heavy atom. The molecule has 1 fully saturated rings. The van der Waals surface area contributed by atoms with Crippen molar-refractivity contribution in [3.63, 3.8) is 0 Å². The summed E-state index contributed by atoms with van der Waals surface area (Å²) in [6.07, 6.45) is 3.56. The van der Waals surface area contributed by atoms with E-state index in [0.29, 0.717) is 11.3 Å². The van der Waals surface area contributed by atoms with Gasteiger partial charge in [-0.2, -0.15) is 5.10 Å². The molecule has 0 bridgehead atoms. The first-order chi connectivity index (χ1) is 15.0. The van der Waals surface area contributed by atoms with Gasteiger partial charge in [0.25, 0.3) is 5.69 Å². The van der Waals surface area contributed by atoms with E-state index in [4.69, 9.17) is 0 Å². The predicted molar refractivity (Wildman–Crippen MR) is 123 cm³/mol. The van der Waals surface area contributed by atoms with Crippen molar-refractivity contribution in [2.24, 2.45) is 5.10 Å². The van der Waals surface area contributed by atoms with Crippen molar-refractivity contribution in [3.05, 3.63) is 64.2 Å². The lowest BCUT2D eigenvalue weighted by molar-refractivity contribution is -0.384. The number of nitrogens with one attached hydrogen (secondary N) is 2. The topological polar surface area (TPSA) is 117 Å². The zero-order chi connectivity index (χ0) is 22.1. The fourth-order valence-electron chi connectivity index (χ4n) is 3.17. The van der Waals surface area contributed by atoms with E-state index >= 15 is 0 Å². The molecule has 0 saturated carbocycles. The summed E-state index contributed by atoms with van der Waals surface area (Å²) in [5, 5.41) is 17.8. The number of benzene rings is 2. The van der Waals surface area contributed by atoms with Gasteiger partial charge in [-0.1, -0.05) is 18.2 Å². The molecule has 162 valence electrons. The van der Waals surface area contributed by atoms with Crippen LogP contribution in [0.5, 0.6) is 0 Å². The number of nitrogens with zero attached hydrogens (tertiary/aromatic N) is 3. The largest absolute Gasteiger partial charge is 0.371 e. The van der Waals surface area contributed by atoms with E-state index in [2.05, 4.69) is 20.7 Å². The van der Waals surface area contributed by atoms with Crippen LogP contribution >= 0.6 is 11.8 Å². The first kappa shape index (κ1) is 22.3. The summed E-state index contributed by atoms with van der Waals surface area (Å²) in [5.41, 5.74) is 4.51. The highest BCUT2D eigenvalue weighted by Crippen LogP contribution is 2.27. The molecule has 0 radical (unpaired) electrons. The quantitative estimate of drug-likeness (QED) is 0.351. The van der Waals surface area contributed by atoms with Crippen LogP contribution in [-0.4, -0.2) is 47.5 Å². The molecule has 10 heteroatoms. The van der Waals surface area contributed by atoms with Crippen LogP contribution in [0.25, 0.3) is 0 Å². The molecule has 1 aliphatic rings. The zero-order valence-corrected chi connectivity index (χ0v) is 17.6. The number of thioether (sulfide) groups is 1. The molecule has 3 rings (SSSR count). The van der Waals surface area contributed by atoms with Gasteiger partial charge in [0.05, 0.1) is 22.6 Å². The average Bonchev–Trinajstić information content (AvgIpc) is 3.29. The Bertz CT molecular complexity index is 961. The van der Waals surface area contributed by atoms with Gasteiger partial charge in [0.1, 0.15) is 0 Å². The average molecular weight is 442 g/mol.